The lowest BCUT2D eigenvalue weighted by atomic mass is 10.9. The number of hydrogen-bond donors (Lipinski definition) is 0. The van der Waals surface area contributed by atoms with Gasteiger partial charge in [-0.25, -0.2) is 0 Å². The maximum Gasteiger partial charge on any atom is 0.184 e. The molecule has 0 aliphatic heterocycles. The van der Waals surface area contributed by atoms with E-state index in [2.05, 4.69) is 4.99 Å². The predicted octanol–water partition coefficient (Wildman–Crippen LogP) is 0.0574. The van der Waals surface area contributed by atoms with Gasteiger partial charge in [0.1, 0.15) is 0 Å². The maximum atomic E-state index is 8.05. The highest BCUT2D eigenvalue weighted by atomic mass is 15.1. The van der Waals surface area contributed by atoms with Crippen molar-refractivity contribution in [3.63, 3.8) is 0 Å². The molecule has 0 N–H and O–H groups in total. The number of nitrogens with zero attached hydrogens (tertiary/aromatic N) is 3. The molecule has 0 aliphatic rings. The molecule has 0 aromatic rings. The Morgan fingerprint density at radius 1 is 1.86 bits per heavy atom. The summed E-state index contributed by atoms with van der Waals surface area (Å²) in [7, 11) is 3.25. The van der Waals surface area contributed by atoms with Gasteiger partial charge in [0, 0.05) is 14.1 Å². The summed E-state index contributed by atoms with van der Waals surface area (Å²) in [5.41, 5.74) is 0. The fraction of sp³-hybridized carbons (Fsp3) is 0.500. The highest BCUT2D eigenvalue weighted by Crippen LogP contribution is 1.65. The van der Waals surface area contributed by atoms with Gasteiger partial charge in [0.15, 0.2) is 6.19 Å². The Bertz CT molecular complexity index is 100.0. The first-order valence-corrected chi connectivity index (χ1v) is 1.86. The van der Waals surface area contributed by atoms with Gasteiger partial charge in [-0.15, -0.1) is 0 Å². The van der Waals surface area contributed by atoms with Crippen LogP contribution in [0.5, 0.6) is 0 Å². The Kier molecular flexibility index (Phi) is 2.69. The molecule has 0 unspecified atom stereocenters. The summed E-state index contributed by atoms with van der Waals surface area (Å²) < 4.78 is 0. The third-order valence-corrected chi connectivity index (χ3v) is 0.446. The number of rotatable bonds is 1. The van der Waals surface area contributed by atoms with Gasteiger partial charge in [0.05, 0.1) is 6.34 Å². The van der Waals surface area contributed by atoms with Crippen LogP contribution in [0.25, 0.3) is 0 Å². The Morgan fingerprint density at radius 2 is 2.43 bits per heavy atom. The van der Waals surface area contributed by atoms with Crippen molar-refractivity contribution in [3.8, 4) is 6.19 Å². The molecular weight excluding hydrogens is 90.1 g/mol. The minimum atomic E-state index is 1.32. The third kappa shape index (κ3) is 2.77. The van der Waals surface area contributed by atoms with Gasteiger partial charge in [-0.3, -0.25) is 9.89 Å². The van der Waals surface area contributed by atoms with Crippen LogP contribution in [-0.2, 0) is 0 Å². The van der Waals surface area contributed by atoms with Crippen molar-refractivity contribution in [1.29, 1.82) is 5.26 Å². The molecule has 0 atom stereocenters. The lowest BCUT2D eigenvalue weighted by Gasteiger charge is -1.93. The van der Waals surface area contributed by atoms with Crippen LogP contribution in [0.2, 0.25) is 0 Å². The van der Waals surface area contributed by atoms with Crippen molar-refractivity contribution in [2.24, 2.45) is 4.99 Å². The van der Waals surface area contributed by atoms with Crippen LogP contribution in [0.1, 0.15) is 0 Å². The molecule has 0 saturated heterocycles. The lowest BCUT2D eigenvalue weighted by Crippen LogP contribution is -2.06. The molecule has 0 spiro atoms. The molecule has 0 saturated carbocycles. The SMILES string of the molecule is CN=CN(C)C#N. The molecule has 0 radical (unpaired) electrons. The summed E-state index contributed by atoms with van der Waals surface area (Å²) in [6, 6.07) is 0. The van der Waals surface area contributed by atoms with Gasteiger partial charge in [-0.05, 0) is 0 Å². The standard InChI is InChI=1S/C4H7N3/c1-6-4-7(2)3-5/h4H,1-2H3. The van der Waals surface area contributed by atoms with Crippen LogP contribution in [-0.4, -0.2) is 25.3 Å². The number of nitriles is 1. The molecule has 7 heavy (non-hydrogen) atoms. The van der Waals surface area contributed by atoms with E-state index in [0.29, 0.717) is 0 Å². The summed E-state index contributed by atoms with van der Waals surface area (Å²) in [6.45, 7) is 0. The summed E-state index contributed by atoms with van der Waals surface area (Å²) in [5, 5.41) is 8.05. The molecule has 0 rings (SSSR count). The van der Waals surface area contributed by atoms with E-state index in [-0.39, 0.29) is 0 Å². The zero-order chi connectivity index (χ0) is 5.70. The molecule has 3 nitrogen and oxygen atoms in total. The second kappa shape index (κ2) is 3.16. The Morgan fingerprint density at radius 3 is 2.57 bits per heavy atom. The quantitative estimate of drug-likeness (QED) is 0.201. The average Bonchev–Trinajstić information content (AvgIpc) is 1.68. The van der Waals surface area contributed by atoms with Crippen LogP contribution >= 0.6 is 0 Å². The molecule has 0 fully saturated rings. The molecule has 0 heterocycles. The fourth-order valence-electron chi connectivity index (χ4n) is 0.199. The third-order valence-electron chi connectivity index (χ3n) is 0.446. The van der Waals surface area contributed by atoms with E-state index >= 15 is 0 Å². The monoisotopic (exact) mass is 97.1 g/mol. The van der Waals surface area contributed by atoms with Crippen molar-refractivity contribution in [2.75, 3.05) is 14.1 Å². The molecule has 0 aromatic carbocycles. The predicted molar refractivity (Wildman–Crippen MR) is 27.8 cm³/mol. The van der Waals surface area contributed by atoms with Crippen LogP contribution in [0.3, 0.4) is 0 Å². The summed E-state index contributed by atoms with van der Waals surface area (Å²) in [4.78, 5) is 4.90. The van der Waals surface area contributed by atoms with Crippen LogP contribution < -0.4 is 0 Å². The zero-order valence-electron chi connectivity index (χ0n) is 4.42. The van der Waals surface area contributed by atoms with E-state index in [9.17, 15) is 0 Å². The van der Waals surface area contributed by atoms with Gasteiger partial charge >= 0.3 is 0 Å². The van der Waals surface area contributed by atoms with Crippen molar-refractivity contribution in [3.05, 3.63) is 0 Å². The van der Waals surface area contributed by atoms with E-state index in [1.54, 1.807) is 14.1 Å². The van der Waals surface area contributed by atoms with Gasteiger partial charge in [-0.1, -0.05) is 0 Å². The molecule has 0 aliphatic carbocycles. The summed E-state index contributed by atoms with van der Waals surface area (Å²) in [5.74, 6) is 0. The highest BCUT2D eigenvalue weighted by Gasteiger charge is 1.77. The van der Waals surface area contributed by atoms with Gasteiger partial charge in [-0.2, -0.15) is 5.26 Å². The number of hydrogen-bond acceptors (Lipinski definition) is 2. The zero-order valence-corrected chi connectivity index (χ0v) is 4.42. The van der Waals surface area contributed by atoms with Crippen molar-refractivity contribution in [2.45, 2.75) is 0 Å². The fourth-order valence-corrected chi connectivity index (χ4v) is 0.199. The van der Waals surface area contributed by atoms with Crippen LogP contribution in [0.15, 0.2) is 4.99 Å². The molecule has 0 bridgehead atoms. The minimum absolute atomic E-state index is 1.32. The first-order valence-electron chi connectivity index (χ1n) is 1.86. The van der Waals surface area contributed by atoms with Crippen LogP contribution in [0.4, 0.5) is 0 Å². The van der Waals surface area contributed by atoms with Gasteiger partial charge in [0.25, 0.3) is 0 Å². The lowest BCUT2D eigenvalue weighted by molar-refractivity contribution is 0.732. The van der Waals surface area contributed by atoms with E-state index in [1.807, 2.05) is 6.19 Å². The van der Waals surface area contributed by atoms with Gasteiger partial charge < -0.3 is 0 Å². The van der Waals surface area contributed by atoms with Crippen molar-refractivity contribution >= 4 is 6.34 Å². The summed E-state index contributed by atoms with van der Waals surface area (Å²) in [6.07, 6.45) is 3.29. The van der Waals surface area contributed by atoms with E-state index < -0.39 is 0 Å². The largest absolute Gasteiger partial charge is 0.278 e. The van der Waals surface area contributed by atoms with E-state index in [4.69, 9.17) is 5.26 Å². The normalized spacial score (nSPS) is 8.71. The average molecular weight is 97.1 g/mol. The highest BCUT2D eigenvalue weighted by molar-refractivity contribution is 5.56. The minimum Gasteiger partial charge on any atom is -0.278 e. The Balaban J connectivity index is 3.42. The van der Waals surface area contributed by atoms with E-state index in [0.717, 1.165) is 0 Å². The first kappa shape index (κ1) is 5.96. The summed E-state index contributed by atoms with van der Waals surface area (Å²) >= 11 is 0. The van der Waals surface area contributed by atoms with Gasteiger partial charge in [0.2, 0.25) is 0 Å². The first-order chi connectivity index (χ1) is 3.31. The second-order valence-electron chi connectivity index (χ2n) is 1.08. The molecule has 0 aromatic heterocycles. The Hall–Kier alpha value is -1.04. The molecular formula is C4H7N3. The topological polar surface area (TPSA) is 39.4 Å². The maximum absolute atomic E-state index is 8.05. The second-order valence-corrected chi connectivity index (χ2v) is 1.08. The smallest absolute Gasteiger partial charge is 0.184 e. The van der Waals surface area contributed by atoms with Crippen LogP contribution in [0, 0.1) is 11.5 Å². The van der Waals surface area contributed by atoms with E-state index in [1.165, 1.54) is 11.2 Å². The van der Waals surface area contributed by atoms with Crippen molar-refractivity contribution < 1.29 is 0 Å². The molecule has 0 amide bonds. The van der Waals surface area contributed by atoms with Crippen molar-refractivity contribution in [1.82, 2.24) is 4.90 Å². The molecule has 38 valence electrons. The Labute approximate surface area is 42.9 Å². The molecule has 3 heteroatoms. The number of aliphatic imine (C=N–C) groups is 1.